The molecule has 0 atom stereocenters. The van der Waals surface area contributed by atoms with Gasteiger partial charge < -0.3 is 5.73 Å². The minimum Gasteiger partial charge on any atom is -0.383 e. The summed E-state index contributed by atoms with van der Waals surface area (Å²) in [6, 6.07) is 9.67. The van der Waals surface area contributed by atoms with Crippen molar-refractivity contribution < 1.29 is 13.2 Å². The molecule has 0 spiro atoms. The van der Waals surface area contributed by atoms with Crippen LogP contribution in [0.5, 0.6) is 0 Å². The SMILES string of the molecule is Cn1ccc(-n2nc(C(F)(F)F)c(-c3ccccc3)c2N)n1. The predicted molar refractivity (Wildman–Crippen MR) is 75.2 cm³/mol. The minimum atomic E-state index is -4.61. The van der Waals surface area contributed by atoms with E-state index in [0.717, 1.165) is 4.68 Å². The number of nitrogen functional groups attached to an aromatic ring is 1. The number of alkyl halides is 3. The fourth-order valence-electron chi connectivity index (χ4n) is 2.21. The smallest absolute Gasteiger partial charge is 0.383 e. The van der Waals surface area contributed by atoms with Crippen molar-refractivity contribution in [3.63, 3.8) is 0 Å². The monoisotopic (exact) mass is 307 g/mol. The third-order valence-corrected chi connectivity index (χ3v) is 3.17. The van der Waals surface area contributed by atoms with Gasteiger partial charge in [0.1, 0.15) is 5.82 Å². The number of nitrogens with zero attached hydrogens (tertiary/aromatic N) is 4. The lowest BCUT2D eigenvalue weighted by molar-refractivity contribution is -0.140. The van der Waals surface area contributed by atoms with E-state index in [9.17, 15) is 13.2 Å². The topological polar surface area (TPSA) is 61.7 Å². The number of benzene rings is 1. The molecular formula is C14H12F3N5. The van der Waals surface area contributed by atoms with Gasteiger partial charge in [0, 0.05) is 19.3 Å². The lowest BCUT2D eigenvalue weighted by Crippen LogP contribution is -2.09. The maximum atomic E-state index is 13.3. The summed E-state index contributed by atoms with van der Waals surface area (Å²) in [5, 5.41) is 7.67. The van der Waals surface area contributed by atoms with Crippen LogP contribution in [0, 0.1) is 0 Å². The molecule has 0 bridgehead atoms. The van der Waals surface area contributed by atoms with Gasteiger partial charge in [-0.05, 0) is 5.56 Å². The fourth-order valence-corrected chi connectivity index (χ4v) is 2.21. The van der Waals surface area contributed by atoms with Gasteiger partial charge in [-0.1, -0.05) is 30.3 Å². The highest BCUT2D eigenvalue weighted by Gasteiger charge is 2.39. The molecule has 5 nitrogen and oxygen atoms in total. The predicted octanol–water partition coefficient (Wildman–Crippen LogP) is 2.87. The zero-order valence-corrected chi connectivity index (χ0v) is 11.5. The van der Waals surface area contributed by atoms with E-state index in [0.29, 0.717) is 5.56 Å². The molecule has 0 unspecified atom stereocenters. The summed E-state index contributed by atoms with van der Waals surface area (Å²) in [6.45, 7) is 0. The number of halogens is 3. The summed E-state index contributed by atoms with van der Waals surface area (Å²) in [4.78, 5) is 0. The van der Waals surface area contributed by atoms with Crippen LogP contribution in [0.1, 0.15) is 5.69 Å². The standard InChI is InChI=1S/C14H12F3N5/c1-21-8-7-10(19-21)22-13(18)11(9-5-3-2-4-6-9)12(20-22)14(15,16)17/h2-8H,18H2,1H3. The number of hydrogen-bond donors (Lipinski definition) is 1. The quantitative estimate of drug-likeness (QED) is 0.792. The summed E-state index contributed by atoms with van der Waals surface area (Å²) in [7, 11) is 1.66. The van der Waals surface area contributed by atoms with E-state index >= 15 is 0 Å². The van der Waals surface area contributed by atoms with Gasteiger partial charge in [-0.3, -0.25) is 4.68 Å². The van der Waals surface area contributed by atoms with Crippen LogP contribution < -0.4 is 5.73 Å². The second-order valence-electron chi connectivity index (χ2n) is 4.73. The van der Waals surface area contributed by atoms with Gasteiger partial charge >= 0.3 is 6.18 Å². The second kappa shape index (κ2) is 4.90. The first kappa shape index (κ1) is 14.2. The van der Waals surface area contributed by atoms with Crippen molar-refractivity contribution in [2.45, 2.75) is 6.18 Å². The molecule has 114 valence electrons. The first-order valence-electron chi connectivity index (χ1n) is 6.39. The molecule has 3 aromatic rings. The summed E-state index contributed by atoms with van der Waals surface area (Å²) in [5.41, 5.74) is 5.12. The first-order chi connectivity index (χ1) is 10.4. The van der Waals surface area contributed by atoms with Gasteiger partial charge in [0.25, 0.3) is 0 Å². The molecule has 0 aliphatic carbocycles. The first-order valence-corrected chi connectivity index (χ1v) is 6.39. The summed E-state index contributed by atoms with van der Waals surface area (Å²) < 4.78 is 42.3. The van der Waals surface area contributed by atoms with Crippen molar-refractivity contribution in [1.82, 2.24) is 19.6 Å². The number of nitrogens with two attached hydrogens (primary N) is 1. The molecule has 0 saturated heterocycles. The molecule has 3 rings (SSSR count). The Morgan fingerprint density at radius 2 is 1.73 bits per heavy atom. The van der Waals surface area contributed by atoms with Crippen molar-refractivity contribution in [2.75, 3.05) is 5.73 Å². The van der Waals surface area contributed by atoms with Crippen molar-refractivity contribution >= 4 is 5.82 Å². The van der Waals surface area contributed by atoms with Crippen LogP contribution in [0.15, 0.2) is 42.6 Å². The van der Waals surface area contributed by atoms with Gasteiger partial charge in [-0.2, -0.15) is 28.1 Å². The van der Waals surface area contributed by atoms with E-state index in [2.05, 4.69) is 10.2 Å². The Bertz CT molecular complexity index is 802. The summed E-state index contributed by atoms with van der Waals surface area (Å²) in [5.74, 6) is 0.130. The zero-order chi connectivity index (χ0) is 15.9. The van der Waals surface area contributed by atoms with Crippen molar-refractivity contribution in [1.29, 1.82) is 0 Å². The van der Waals surface area contributed by atoms with Gasteiger partial charge in [0.15, 0.2) is 11.5 Å². The maximum Gasteiger partial charge on any atom is 0.435 e. The highest BCUT2D eigenvalue weighted by molar-refractivity contribution is 5.78. The molecule has 2 N–H and O–H groups in total. The van der Waals surface area contributed by atoms with E-state index in [4.69, 9.17) is 5.73 Å². The Balaban J connectivity index is 2.26. The summed E-state index contributed by atoms with van der Waals surface area (Å²) >= 11 is 0. The molecule has 0 aliphatic heterocycles. The van der Waals surface area contributed by atoms with E-state index in [1.54, 1.807) is 43.6 Å². The van der Waals surface area contributed by atoms with E-state index in [1.807, 2.05) is 0 Å². The lowest BCUT2D eigenvalue weighted by atomic mass is 10.1. The third kappa shape index (κ3) is 2.32. The third-order valence-electron chi connectivity index (χ3n) is 3.17. The second-order valence-corrected chi connectivity index (χ2v) is 4.73. The lowest BCUT2D eigenvalue weighted by Gasteiger charge is -2.06. The number of aryl methyl sites for hydroxylation is 1. The Morgan fingerprint density at radius 3 is 2.27 bits per heavy atom. The molecular weight excluding hydrogens is 295 g/mol. The van der Waals surface area contributed by atoms with E-state index in [-0.39, 0.29) is 17.2 Å². The van der Waals surface area contributed by atoms with E-state index in [1.165, 1.54) is 10.7 Å². The zero-order valence-electron chi connectivity index (χ0n) is 11.5. The number of hydrogen-bond acceptors (Lipinski definition) is 3. The highest BCUT2D eigenvalue weighted by Crippen LogP contribution is 2.40. The molecule has 2 aromatic heterocycles. The van der Waals surface area contributed by atoms with E-state index < -0.39 is 11.9 Å². The van der Waals surface area contributed by atoms with Crippen LogP contribution in [0.4, 0.5) is 19.0 Å². The van der Waals surface area contributed by atoms with Gasteiger partial charge in [-0.15, -0.1) is 0 Å². The number of rotatable bonds is 2. The summed E-state index contributed by atoms with van der Waals surface area (Å²) in [6.07, 6.45) is -3.01. The molecule has 1 aromatic carbocycles. The molecule has 0 fully saturated rings. The average molecular weight is 307 g/mol. The molecule has 0 radical (unpaired) electrons. The van der Waals surface area contributed by atoms with Gasteiger partial charge in [-0.25, -0.2) is 0 Å². The molecule has 0 amide bonds. The van der Waals surface area contributed by atoms with Gasteiger partial charge in [0.05, 0.1) is 5.56 Å². The Hall–Kier alpha value is -2.77. The van der Waals surface area contributed by atoms with Crippen LogP contribution >= 0.6 is 0 Å². The van der Waals surface area contributed by atoms with Crippen molar-refractivity contribution in [2.24, 2.45) is 7.05 Å². The molecule has 22 heavy (non-hydrogen) atoms. The minimum absolute atomic E-state index is 0.0998. The van der Waals surface area contributed by atoms with Crippen LogP contribution in [0.3, 0.4) is 0 Å². The molecule has 2 heterocycles. The number of anilines is 1. The molecule has 8 heteroatoms. The van der Waals surface area contributed by atoms with Gasteiger partial charge in [0.2, 0.25) is 0 Å². The van der Waals surface area contributed by atoms with Crippen LogP contribution in [0.25, 0.3) is 16.9 Å². The molecule has 0 saturated carbocycles. The van der Waals surface area contributed by atoms with Crippen LogP contribution in [-0.4, -0.2) is 19.6 Å². The Kier molecular flexibility index (Phi) is 3.16. The van der Waals surface area contributed by atoms with Crippen molar-refractivity contribution in [3.8, 4) is 16.9 Å². The van der Waals surface area contributed by atoms with Crippen LogP contribution in [-0.2, 0) is 13.2 Å². The highest BCUT2D eigenvalue weighted by atomic mass is 19.4. The molecule has 0 aliphatic rings. The normalized spacial score (nSPS) is 11.8. The fraction of sp³-hybridized carbons (Fsp3) is 0.143. The Labute approximate surface area is 123 Å². The Morgan fingerprint density at radius 1 is 1.05 bits per heavy atom. The average Bonchev–Trinajstić information content (AvgIpc) is 3.03. The number of aromatic nitrogens is 4. The van der Waals surface area contributed by atoms with Crippen molar-refractivity contribution in [3.05, 3.63) is 48.3 Å². The largest absolute Gasteiger partial charge is 0.435 e. The van der Waals surface area contributed by atoms with Crippen LogP contribution in [0.2, 0.25) is 0 Å². The maximum absolute atomic E-state index is 13.3.